The third-order valence-electron chi connectivity index (χ3n) is 2.37. The monoisotopic (exact) mass is 152 g/mol. The van der Waals surface area contributed by atoms with Crippen molar-refractivity contribution in [3.8, 4) is 0 Å². The Hall–Kier alpha value is -0.590. The lowest BCUT2D eigenvalue weighted by molar-refractivity contribution is -0.116. The lowest BCUT2D eigenvalue weighted by Crippen LogP contribution is -2.13. The second-order valence-electron chi connectivity index (χ2n) is 3.40. The summed E-state index contributed by atoms with van der Waals surface area (Å²) in [5, 5.41) is 0. The summed E-state index contributed by atoms with van der Waals surface area (Å²) >= 11 is 0. The van der Waals surface area contributed by atoms with Gasteiger partial charge in [-0.25, -0.2) is 0 Å². The Balaban J connectivity index is 2.48. The number of allylic oxidation sites excluding steroid dienone is 2. The Morgan fingerprint density at radius 1 is 1.64 bits per heavy atom. The van der Waals surface area contributed by atoms with Gasteiger partial charge in [0.05, 0.1) is 0 Å². The molecule has 0 amide bonds. The molecule has 0 heterocycles. The number of hydrogen-bond donors (Lipinski definition) is 0. The van der Waals surface area contributed by atoms with Crippen molar-refractivity contribution in [2.24, 2.45) is 5.92 Å². The largest absolute Gasteiger partial charge is 0.295 e. The molecular weight excluding hydrogens is 136 g/mol. The lowest BCUT2D eigenvalue weighted by Gasteiger charge is -2.18. The second kappa shape index (κ2) is 3.70. The minimum atomic E-state index is 0.356. The van der Waals surface area contributed by atoms with E-state index in [-0.39, 0.29) is 0 Å². The predicted octanol–water partition coefficient (Wildman–Crippen LogP) is 2.71. The summed E-state index contributed by atoms with van der Waals surface area (Å²) in [4.78, 5) is 11.2. The standard InChI is InChI=1S/C10H16O/c1-3-4-9-6-5-8(2)10(11)7-9/h5,9H,3-4,6-7H2,1-2H3/t9-/m1/s1. The molecule has 0 saturated carbocycles. The second-order valence-corrected chi connectivity index (χ2v) is 3.40. The first-order chi connectivity index (χ1) is 5.24. The fourth-order valence-electron chi connectivity index (χ4n) is 1.59. The number of carbonyl (C=O) groups is 1. The van der Waals surface area contributed by atoms with E-state index in [0.717, 1.165) is 18.4 Å². The maximum Gasteiger partial charge on any atom is 0.158 e. The first-order valence-electron chi connectivity index (χ1n) is 4.44. The molecule has 0 fully saturated rings. The summed E-state index contributed by atoms with van der Waals surface area (Å²) in [6.07, 6.45) is 6.40. The van der Waals surface area contributed by atoms with E-state index in [4.69, 9.17) is 0 Å². The Morgan fingerprint density at radius 2 is 2.36 bits per heavy atom. The average Bonchev–Trinajstić information content (AvgIpc) is 1.98. The average molecular weight is 152 g/mol. The molecule has 0 bridgehead atoms. The Bertz CT molecular complexity index is 179. The van der Waals surface area contributed by atoms with Crippen molar-refractivity contribution >= 4 is 5.78 Å². The fraction of sp³-hybridized carbons (Fsp3) is 0.700. The number of hydrogen-bond acceptors (Lipinski definition) is 1. The van der Waals surface area contributed by atoms with Gasteiger partial charge in [0, 0.05) is 6.42 Å². The van der Waals surface area contributed by atoms with Crippen LogP contribution in [0.3, 0.4) is 0 Å². The van der Waals surface area contributed by atoms with E-state index in [1.165, 1.54) is 12.8 Å². The molecule has 0 unspecified atom stereocenters. The zero-order valence-corrected chi connectivity index (χ0v) is 7.39. The molecule has 1 atom stereocenters. The molecule has 0 aliphatic heterocycles. The minimum absolute atomic E-state index is 0.356. The van der Waals surface area contributed by atoms with Gasteiger partial charge in [-0.1, -0.05) is 19.4 Å². The Morgan fingerprint density at radius 3 is 2.91 bits per heavy atom. The SMILES string of the molecule is CCC[C@@H]1CC=C(C)C(=O)C1. The molecular formula is C10H16O. The first-order valence-corrected chi connectivity index (χ1v) is 4.44. The van der Waals surface area contributed by atoms with Gasteiger partial charge in [0.25, 0.3) is 0 Å². The van der Waals surface area contributed by atoms with Crippen molar-refractivity contribution in [1.82, 2.24) is 0 Å². The molecule has 1 nitrogen and oxygen atoms in total. The zero-order chi connectivity index (χ0) is 8.27. The molecule has 0 N–H and O–H groups in total. The third-order valence-corrected chi connectivity index (χ3v) is 2.37. The minimum Gasteiger partial charge on any atom is -0.295 e. The quantitative estimate of drug-likeness (QED) is 0.594. The normalized spacial score (nSPS) is 25.1. The maximum absolute atomic E-state index is 11.2. The Kier molecular flexibility index (Phi) is 2.86. The van der Waals surface area contributed by atoms with Crippen LogP contribution in [-0.2, 0) is 4.79 Å². The van der Waals surface area contributed by atoms with E-state index in [2.05, 4.69) is 13.0 Å². The molecule has 1 rings (SSSR count). The fourth-order valence-corrected chi connectivity index (χ4v) is 1.59. The van der Waals surface area contributed by atoms with E-state index in [1.807, 2.05) is 6.92 Å². The molecule has 1 aliphatic carbocycles. The van der Waals surface area contributed by atoms with Crippen molar-refractivity contribution in [2.75, 3.05) is 0 Å². The molecule has 0 aromatic carbocycles. The van der Waals surface area contributed by atoms with E-state index in [9.17, 15) is 4.79 Å². The topological polar surface area (TPSA) is 17.1 Å². The van der Waals surface area contributed by atoms with Crippen LogP contribution in [0.2, 0.25) is 0 Å². The Labute approximate surface area is 68.5 Å². The molecule has 1 heteroatoms. The summed E-state index contributed by atoms with van der Waals surface area (Å²) in [6, 6.07) is 0. The van der Waals surface area contributed by atoms with Crippen LogP contribution in [0.25, 0.3) is 0 Å². The van der Waals surface area contributed by atoms with Gasteiger partial charge in [-0.15, -0.1) is 0 Å². The highest BCUT2D eigenvalue weighted by molar-refractivity contribution is 5.95. The summed E-state index contributed by atoms with van der Waals surface area (Å²) in [5.74, 6) is 0.992. The van der Waals surface area contributed by atoms with Gasteiger partial charge in [0.2, 0.25) is 0 Å². The van der Waals surface area contributed by atoms with Crippen molar-refractivity contribution in [1.29, 1.82) is 0 Å². The molecule has 0 saturated heterocycles. The van der Waals surface area contributed by atoms with Gasteiger partial charge in [-0.05, 0) is 31.3 Å². The number of Topliss-reactive ketones (excluding diaryl/α,β-unsaturated/α-hetero) is 1. The van der Waals surface area contributed by atoms with E-state index < -0.39 is 0 Å². The highest BCUT2D eigenvalue weighted by atomic mass is 16.1. The van der Waals surface area contributed by atoms with E-state index in [1.54, 1.807) is 0 Å². The first kappa shape index (κ1) is 8.51. The van der Waals surface area contributed by atoms with Crippen molar-refractivity contribution in [3.63, 3.8) is 0 Å². The van der Waals surface area contributed by atoms with Gasteiger partial charge in [0.1, 0.15) is 0 Å². The summed E-state index contributed by atoms with van der Waals surface area (Å²) in [5.41, 5.74) is 0.970. The number of ketones is 1. The number of rotatable bonds is 2. The van der Waals surface area contributed by atoms with Crippen LogP contribution in [0, 0.1) is 5.92 Å². The van der Waals surface area contributed by atoms with Crippen LogP contribution in [0.1, 0.15) is 39.5 Å². The number of carbonyl (C=O) groups excluding carboxylic acids is 1. The summed E-state index contributed by atoms with van der Waals surface area (Å²) in [7, 11) is 0. The molecule has 1 aliphatic rings. The van der Waals surface area contributed by atoms with Crippen molar-refractivity contribution in [3.05, 3.63) is 11.6 Å². The van der Waals surface area contributed by atoms with Gasteiger partial charge in [0.15, 0.2) is 5.78 Å². The summed E-state index contributed by atoms with van der Waals surface area (Å²) in [6.45, 7) is 4.10. The van der Waals surface area contributed by atoms with Gasteiger partial charge in [-0.2, -0.15) is 0 Å². The van der Waals surface area contributed by atoms with E-state index >= 15 is 0 Å². The van der Waals surface area contributed by atoms with Crippen LogP contribution in [0.4, 0.5) is 0 Å². The van der Waals surface area contributed by atoms with Crippen molar-refractivity contribution < 1.29 is 4.79 Å². The molecule has 0 aromatic heterocycles. The van der Waals surface area contributed by atoms with Crippen LogP contribution in [-0.4, -0.2) is 5.78 Å². The molecule has 11 heavy (non-hydrogen) atoms. The zero-order valence-electron chi connectivity index (χ0n) is 7.39. The third kappa shape index (κ3) is 2.18. The highest BCUT2D eigenvalue weighted by Gasteiger charge is 2.17. The van der Waals surface area contributed by atoms with Gasteiger partial charge >= 0.3 is 0 Å². The molecule has 62 valence electrons. The smallest absolute Gasteiger partial charge is 0.158 e. The highest BCUT2D eigenvalue weighted by Crippen LogP contribution is 2.23. The molecule has 0 spiro atoms. The lowest BCUT2D eigenvalue weighted by atomic mass is 9.86. The van der Waals surface area contributed by atoms with Crippen LogP contribution >= 0.6 is 0 Å². The van der Waals surface area contributed by atoms with E-state index in [0.29, 0.717) is 11.7 Å². The molecule has 0 aromatic rings. The molecule has 0 radical (unpaired) electrons. The van der Waals surface area contributed by atoms with Gasteiger partial charge in [-0.3, -0.25) is 4.79 Å². The summed E-state index contributed by atoms with van der Waals surface area (Å²) < 4.78 is 0. The predicted molar refractivity (Wildman–Crippen MR) is 46.4 cm³/mol. The maximum atomic E-state index is 11.2. The van der Waals surface area contributed by atoms with Crippen LogP contribution < -0.4 is 0 Å². The van der Waals surface area contributed by atoms with Crippen LogP contribution in [0.5, 0.6) is 0 Å². The van der Waals surface area contributed by atoms with Gasteiger partial charge < -0.3 is 0 Å². The van der Waals surface area contributed by atoms with Crippen LogP contribution in [0.15, 0.2) is 11.6 Å². The van der Waals surface area contributed by atoms with Crippen molar-refractivity contribution in [2.45, 2.75) is 39.5 Å².